The van der Waals surface area contributed by atoms with Gasteiger partial charge in [0.05, 0.1) is 23.6 Å². The molecular weight excluding hydrogens is 450 g/mol. The Balaban J connectivity index is 1.44. The van der Waals surface area contributed by atoms with Gasteiger partial charge in [-0.15, -0.1) is 0 Å². The summed E-state index contributed by atoms with van der Waals surface area (Å²) < 4.78 is 1.54. The molecule has 2 heterocycles. The molecule has 2 aromatic heterocycles. The van der Waals surface area contributed by atoms with Crippen LogP contribution in [0.3, 0.4) is 0 Å². The molecule has 0 saturated heterocycles. The highest BCUT2D eigenvalue weighted by Crippen LogP contribution is 2.41. The molecule has 1 aliphatic carbocycles. The minimum Gasteiger partial charge on any atom is -0.379 e. The average Bonchev–Trinajstić information content (AvgIpc) is 3.66. The molecule has 2 N–H and O–H groups in total. The number of nitrogens with one attached hydrogen (secondary N) is 1. The molecule has 4 aromatic rings. The summed E-state index contributed by atoms with van der Waals surface area (Å²) in [6.45, 7) is 9.09. The summed E-state index contributed by atoms with van der Waals surface area (Å²) in [7, 11) is 0. The first-order valence-electron chi connectivity index (χ1n) is 12.1. The molecule has 0 bridgehead atoms. The molecule has 180 valence electrons. The van der Waals surface area contributed by atoms with Crippen LogP contribution in [0.1, 0.15) is 53.1 Å². The number of benzene rings is 2. The van der Waals surface area contributed by atoms with Gasteiger partial charge < -0.3 is 10.4 Å². The number of rotatable bonds is 8. The van der Waals surface area contributed by atoms with Crippen molar-refractivity contribution in [2.24, 2.45) is 5.92 Å². The molecule has 0 aliphatic heterocycles. The fourth-order valence-corrected chi connectivity index (χ4v) is 4.45. The lowest BCUT2D eigenvalue weighted by molar-refractivity contribution is 0.0625. The van der Waals surface area contributed by atoms with Gasteiger partial charge in [-0.1, -0.05) is 43.2 Å². The summed E-state index contributed by atoms with van der Waals surface area (Å²) in [4.78, 5) is 21.3. The second-order valence-corrected chi connectivity index (χ2v) is 9.31. The number of aromatic nitrogens is 3. The van der Waals surface area contributed by atoms with Gasteiger partial charge in [0, 0.05) is 11.9 Å². The zero-order valence-electron chi connectivity index (χ0n) is 20.1. The second-order valence-electron chi connectivity index (χ2n) is 9.31. The minimum absolute atomic E-state index is 0.333. The topological polar surface area (TPSA) is 84.4 Å². The summed E-state index contributed by atoms with van der Waals surface area (Å²) in [5, 5.41) is 19.3. The number of hydrogen-bond acceptors (Lipinski definition) is 4. The normalized spacial score (nSPS) is 14.6. The Bertz CT molecular complexity index is 1440. The first-order chi connectivity index (χ1) is 17.5. The lowest BCUT2D eigenvalue weighted by atomic mass is 9.84. The predicted octanol–water partition coefficient (Wildman–Crippen LogP) is 5.80. The van der Waals surface area contributed by atoms with E-state index in [1.165, 1.54) is 12.8 Å². The van der Waals surface area contributed by atoms with E-state index in [0.29, 0.717) is 52.0 Å². The maximum Gasteiger partial charge on any atom is 0.274 e. The molecule has 36 heavy (non-hydrogen) atoms. The van der Waals surface area contributed by atoms with Crippen LogP contribution < -0.4 is 5.32 Å². The van der Waals surface area contributed by atoms with E-state index in [0.717, 1.165) is 6.42 Å². The Morgan fingerprint density at radius 2 is 1.97 bits per heavy atom. The van der Waals surface area contributed by atoms with Gasteiger partial charge in [0.15, 0.2) is 5.69 Å². The number of amides is 1. The zero-order chi connectivity index (χ0) is 25.1. The summed E-state index contributed by atoms with van der Waals surface area (Å²) >= 11 is 0. The smallest absolute Gasteiger partial charge is 0.274 e. The van der Waals surface area contributed by atoms with E-state index < -0.39 is 5.60 Å². The first kappa shape index (κ1) is 23.5. The van der Waals surface area contributed by atoms with Crippen LogP contribution in [-0.4, -0.2) is 25.8 Å². The Kier molecular flexibility index (Phi) is 6.36. The molecule has 0 spiro atoms. The van der Waals surface area contributed by atoms with Crippen molar-refractivity contribution in [2.75, 3.05) is 5.32 Å². The van der Waals surface area contributed by atoms with E-state index in [4.69, 9.17) is 6.57 Å². The molecular formula is C29H27N5O2. The fraction of sp³-hybridized carbons (Fsp3) is 0.241. The van der Waals surface area contributed by atoms with Crippen molar-refractivity contribution in [2.45, 2.75) is 38.2 Å². The van der Waals surface area contributed by atoms with Gasteiger partial charge in [-0.25, -0.2) is 9.53 Å². The molecule has 1 saturated carbocycles. The van der Waals surface area contributed by atoms with Crippen molar-refractivity contribution >= 4 is 17.3 Å². The van der Waals surface area contributed by atoms with Crippen molar-refractivity contribution < 1.29 is 9.90 Å². The Hall–Kier alpha value is -4.28. The molecule has 1 atom stereocenters. The van der Waals surface area contributed by atoms with Gasteiger partial charge in [0.2, 0.25) is 0 Å². The summed E-state index contributed by atoms with van der Waals surface area (Å²) in [5.41, 5.74) is 2.76. The maximum absolute atomic E-state index is 13.3. The van der Waals surface area contributed by atoms with Crippen LogP contribution in [0, 0.1) is 19.4 Å². The number of aryl methyl sites for hydroxylation is 1. The van der Waals surface area contributed by atoms with E-state index >= 15 is 0 Å². The van der Waals surface area contributed by atoms with E-state index in [1.54, 1.807) is 41.2 Å². The number of aliphatic hydroxyl groups is 1. The van der Waals surface area contributed by atoms with Gasteiger partial charge in [-0.3, -0.25) is 9.78 Å². The minimum atomic E-state index is -1.25. The van der Waals surface area contributed by atoms with E-state index in [2.05, 4.69) is 20.2 Å². The van der Waals surface area contributed by atoms with Gasteiger partial charge in [0.25, 0.3) is 5.91 Å². The summed E-state index contributed by atoms with van der Waals surface area (Å²) in [6, 6.07) is 21.6. The van der Waals surface area contributed by atoms with Crippen molar-refractivity contribution in [3.8, 4) is 5.69 Å². The number of hydrogen-bond donors (Lipinski definition) is 2. The van der Waals surface area contributed by atoms with E-state index in [1.807, 2.05) is 49.4 Å². The Morgan fingerprint density at radius 3 is 2.72 bits per heavy atom. The number of carbonyl (C=O) groups excluding carboxylic acids is 1. The van der Waals surface area contributed by atoms with Crippen LogP contribution in [0.15, 0.2) is 79.0 Å². The third-order valence-corrected chi connectivity index (χ3v) is 6.57. The standard InChI is InChI=1S/C29H27N5O2/c1-20-17-26(34(33-20)25-10-6-8-23(19-25)30-2)28(35)32-24-9-5-7-22(18-24)29(36,15-14-21-12-13-21)27-11-3-4-16-31-27/h3-11,16-19,21,36H,12-15H2,1H3,(H,32,35). The van der Waals surface area contributed by atoms with E-state index in [-0.39, 0.29) is 5.91 Å². The average molecular weight is 478 g/mol. The van der Waals surface area contributed by atoms with Crippen LogP contribution in [0.4, 0.5) is 11.4 Å². The van der Waals surface area contributed by atoms with Gasteiger partial charge in [-0.2, -0.15) is 5.10 Å². The van der Waals surface area contributed by atoms with Crippen molar-refractivity contribution in [1.29, 1.82) is 0 Å². The SMILES string of the molecule is [C-]#[N+]c1cccc(-n2nc(C)cc2C(=O)Nc2cccc(C(O)(CCC3CC3)c3ccccn3)c2)c1. The van der Waals surface area contributed by atoms with Gasteiger partial charge in [-0.05, 0) is 73.7 Å². The number of carbonyl (C=O) groups is 1. The highest BCUT2D eigenvalue weighted by Gasteiger charge is 2.35. The van der Waals surface area contributed by atoms with Gasteiger partial charge in [0.1, 0.15) is 11.3 Å². The highest BCUT2D eigenvalue weighted by atomic mass is 16.3. The molecule has 7 nitrogen and oxygen atoms in total. The molecule has 0 radical (unpaired) electrons. The van der Waals surface area contributed by atoms with Crippen LogP contribution in [0.5, 0.6) is 0 Å². The molecule has 1 fully saturated rings. The van der Waals surface area contributed by atoms with Crippen LogP contribution in [0.25, 0.3) is 10.5 Å². The van der Waals surface area contributed by atoms with Crippen LogP contribution >= 0.6 is 0 Å². The zero-order valence-corrected chi connectivity index (χ0v) is 20.1. The van der Waals surface area contributed by atoms with Crippen LogP contribution in [0.2, 0.25) is 0 Å². The number of nitrogens with zero attached hydrogens (tertiary/aromatic N) is 4. The third-order valence-electron chi connectivity index (χ3n) is 6.57. The summed E-state index contributed by atoms with van der Waals surface area (Å²) in [5.74, 6) is 0.327. The lowest BCUT2D eigenvalue weighted by Crippen LogP contribution is -2.29. The van der Waals surface area contributed by atoms with E-state index in [9.17, 15) is 9.90 Å². The predicted molar refractivity (Wildman–Crippen MR) is 138 cm³/mol. The molecule has 2 aromatic carbocycles. The number of anilines is 1. The molecule has 1 aliphatic rings. The molecule has 7 heteroatoms. The van der Waals surface area contributed by atoms with Gasteiger partial charge >= 0.3 is 0 Å². The fourth-order valence-electron chi connectivity index (χ4n) is 4.45. The number of pyridine rings is 1. The van der Waals surface area contributed by atoms with Crippen LogP contribution in [-0.2, 0) is 5.60 Å². The molecule has 1 amide bonds. The van der Waals surface area contributed by atoms with Crippen molar-refractivity contribution in [1.82, 2.24) is 14.8 Å². The highest BCUT2D eigenvalue weighted by molar-refractivity contribution is 6.03. The second kappa shape index (κ2) is 9.76. The lowest BCUT2D eigenvalue weighted by Gasteiger charge is -2.29. The summed E-state index contributed by atoms with van der Waals surface area (Å²) in [6.07, 6.45) is 5.59. The third kappa shape index (κ3) is 4.90. The molecule has 5 rings (SSSR count). The monoisotopic (exact) mass is 477 g/mol. The van der Waals surface area contributed by atoms with Crippen molar-refractivity contribution in [3.05, 3.63) is 113 Å². The maximum atomic E-state index is 13.3. The first-order valence-corrected chi connectivity index (χ1v) is 12.1. The quantitative estimate of drug-likeness (QED) is 0.314. The largest absolute Gasteiger partial charge is 0.379 e. The Labute approximate surface area is 210 Å². The van der Waals surface area contributed by atoms with Crippen molar-refractivity contribution in [3.63, 3.8) is 0 Å². The molecule has 1 unspecified atom stereocenters. The Morgan fingerprint density at radius 1 is 1.14 bits per heavy atom.